The van der Waals surface area contributed by atoms with Crippen molar-refractivity contribution >= 4 is 22.9 Å². The number of carbonyl (C=O) groups excluding carboxylic acids is 2. The van der Waals surface area contributed by atoms with E-state index in [0.717, 1.165) is 18.2 Å². The maximum absolute atomic E-state index is 10.9. The van der Waals surface area contributed by atoms with Gasteiger partial charge in [0.05, 0.1) is 5.75 Å². The molecule has 56 valence electrons. The van der Waals surface area contributed by atoms with Crippen LogP contribution in [0.4, 0.5) is 4.79 Å². The van der Waals surface area contributed by atoms with E-state index in [4.69, 9.17) is 0 Å². The van der Waals surface area contributed by atoms with Crippen molar-refractivity contribution in [1.29, 1.82) is 0 Å². The van der Waals surface area contributed by atoms with Gasteiger partial charge in [-0.3, -0.25) is 14.5 Å². The Balaban J connectivity index is 2.54. The third-order valence-corrected chi connectivity index (χ3v) is 2.15. The first-order valence-corrected chi connectivity index (χ1v) is 4.21. The largest absolute Gasteiger partial charge is 0.288 e. The summed E-state index contributed by atoms with van der Waals surface area (Å²) in [5, 5.41) is -0.0909. The molecule has 1 aliphatic rings. The van der Waals surface area contributed by atoms with Gasteiger partial charge < -0.3 is 0 Å². The van der Waals surface area contributed by atoms with Gasteiger partial charge in [0.25, 0.3) is 5.24 Å². The number of hydrogen-bond acceptors (Lipinski definition) is 3. The number of amides is 2. The monoisotopic (exact) mass is 159 g/mol. The van der Waals surface area contributed by atoms with E-state index in [2.05, 4.69) is 0 Å². The molecule has 1 saturated heterocycles. The Bertz CT molecular complexity index is 153. The van der Waals surface area contributed by atoms with Crippen LogP contribution in [0.25, 0.3) is 0 Å². The Morgan fingerprint density at radius 2 is 2.30 bits per heavy atom. The summed E-state index contributed by atoms with van der Waals surface area (Å²) in [7, 11) is 0. The van der Waals surface area contributed by atoms with Gasteiger partial charge in [0.15, 0.2) is 0 Å². The van der Waals surface area contributed by atoms with Crippen LogP contribution in [0.5, 0.6) is 0 Å². The molecule has 0 spiro atoms. The molecule has 0 radical (unpaired) electrons. The number of rotatable bonds is 2. The second kappa shape index (κ2) is 3.05. The van der Waals surface area contributed by atoms with E-state index < -0.39 is 0 Å². The Kier molecular flexibility index (Phi) is 2.32. The molecule has 0 saturated carbocycles. The lowest BCUT2D eigenvalue weighted by atomic mass is 10.4. The zero-order valence-electron chi connectivity index (χ0n) is 5.79. The van der Waals surface area contributed by atoms with E-state index in [-0.39, 0.29) is 11.1 Å². The van der Waals surface area contributed by atoms with Crippen molar-refractivity contribution in [2.75, 3.05) is 12.3 Å². The van der Waals surface area contributed by atoms with Gasteiger partial charge in [0.2, 0.25) is 5.91 Å². The minimum Gasteiger partial charge on any atom is -0.273 e. The van der Waals surface area contributed by atoms with Crippen LogP contribution in [-0.4, -0.2) is 28.3 Å². The van der Waals surface area contributed by atoms with Gasteiger partial charge in [-0.15, -0.1) is 0 Å². The minimum absolute atomic E-state index is 0.0446. The van der Waals surface area contributed by atoms with E-state index in [1.807, 2.05) is 6.92 Å². The average Bonchev–Trinajstić information content (AvgIpc) is 2.20. The van der Waals surface area contributed by atoms with Crippen LogP contribution in [-0.2, 0) is 4.79 Å². The molecule has 1 fully saturated rings. The van der Waals surface area contributed by atoms with Crippen molar-refractivity contribution in [3.63, 3.8) is 0 Å². The van der Waals surface area contributed by atoms with Crippen molar-refractivity contribution in [2.24, 2.45) is 0 Å². The molecular weight excluding hydrogens is 150 g/mol. The predicted octanol–water partition coefficient (Wildman–Crippen LogP) is 1.09. The summed E-state index contributed by atoms with van der Waals surface area (Å²) in [5.74, 6) is 0.288. The number of carbonyl (C=O) groups is 2. The maximum Gasteiger partial charge on any atom is 0.288 e. The molecule has 1 rings (SSSR count). The van der Waals surface area contributed by atoms with Crippen molar-refractivity contribution in [1.82, 2.24) is 4.90 Å². The molecule has 0 N–H and O–H groups in total. The van der Waals surface area contributed by atoms with E-state index >= 15 is 0 Å². The maximum atomic E-state index is 10.9. The van der Waals surface area contributed by atoms with Crippen LogP contribution in [0.15, 0.2) is 0 Å². The molecule has 0 aromatic heterocycles. The van der Waals surface area contributed by atoms with Crippen molar-refractivity contribution < 1.29 is 9.59 Å². The highest BCUT2D eigenvalue weighted by Crippen LogP contribution is 2.18. The Labute approximate surface area is 63.8 Å². The van der Waals surface area contributed by atoms with Crippen LogP contribution in [0.1, 0.15) is 13.3 Å². The number of thioether (sulfide) groups is 1. The van der Waals surface area contributed by atoms with Crippen molar-refractivity contribution in [3.8, 4) is 0 Å². The molecule has 1 aliphatic heterocycles. The van der Waals surface area contributed by atoms with Gasteiger partial charge in [0, 0.05) is 6.54 Å². The van der Waals surface area contributed by atoms with Gasteiger partial charge in [-0.05, 0) is 6.42 Å². The summed E-state index contributed by atoms with van der Waals surface area (Å²) in [6, 6.07) is 0. The first-order chi connectivity index (χ1) is 4.75. The minimum atomic E-state index is -0.0909. The van der Waals surface area contributed by atoms with Gasteiger partial charge in [-0.25, -0.2) is 0 Å². The lowest BCUT2D eigenvalue weighted by molar-refractivity contribution is -0.124. The van der Waals surface area contributed by atoms with Crippen molar-refractivity contribution in [3.05, 3.63) is 0 Å². The second-order valence-corrected chi connectivity index (χ2v) is 3.03. The standard InChI is InChI=1S/C6H9NO2S/c1-2-3-7-5(8)4-10-6(7)9/h2-4H2,1H3. The molecule has 3 nitrogen and oxygen atoms in total. The molecule has 0 aliphatic carbocycles. The lowest BCUT2D eigenvalue weighted by Crippen LogP contribution is -2.29. The fourth-order valence-corrected chi connectivity index (χ4v) is 1.57. The number of hydrogen-bond donors (Lipinski definition) is 0. The van der Waals surface area contributed by atoms with E-state index in [0.29, 0.717) is 12.3 Å². The highest BCUT2D eigenvalue weighted by molar-refractivity contribution is 8.14. The highest BCUT2D eigenvalue weighted by Gasteiger charge is 2.28. The predicted molar refractivity (Wildman–Crippen MR) is 39.9 cm³/mol. The van der Waals surface area contributed by atoms with E-state index in [9.17, 15) is 9.59 Å². The summed E-state index contributed by atoms with van der Waals surface area (Å²) in [5.41, 5.74) is 0. The van der Waals surface area contributed by atoms with Gasteiger partial charge >= 0.3 is 0 Å². The first-order valence-electron chi connectivity index (χ1n) is 3.23. The van der Waals surface area contributed by atoms with Crippen LogP contribution >= 0.6 is 11.8 Å². The number of imide groups is 1. The number of nitrogens with zero attached hydrogens (tertiary/aromatic N) is 1. The summed E-state index contributed by atoms with van der Waals surface area (Å²) in [6.07, 6.45) is 0.845. The van der Waals surface area contributed by atoms with Gasteiger partial charge in [-0.1, -0.05) is 18.7 Å². The molecule has 0 unspecified atom stereocenters. The Hall–Kier alpha value is -0.510. The fraction of sp³-hybridized carbons (Fsp3) is 0.667. The van der Waals surface area contributed by atoms with Crippen LogP contribution < -0.4 is 0 Å². The molecule has 1 heterocycles. The SMILES string of the molecule is CCCN1C(=O)CSC1=O. The van der Waals surface area contributed by atoms with Gasteiger partial charge in [-0.2, -0.15) is 0 Å². The average molecular weight is 159 g/mol. The second-order valence-electron chi connectivity index (χ2n) is 2.10. The van der Waals surface area contributed by atoms with Gasteiger partial charge in [0.1, 0.15) is 0 Å². The highest BCUT2D eigenvalue weighted by atomic mass is 32.2. The molecule has 2 amide bonds. The topological polar surface area (TPSA) is 37.4 Å². The van der Waals surface area contributed by atoms with Crippen LogP contribution in [0, 0.1) is 0 Å². The molecule has 0 bridgehead atoms. The van der Waals surface area contributed by atoms with E-state index in [1.54, 1.807) is 0 Å². The zero-order valence-corrected chi connectivity index (χ0v) is 6.61. The summed E-state index contributed by atoms with van der Waals surface area (Å²) in [6.45, 7) is 2.52. The third kappa shape index (κ3) is 1.31. The smallest absolute Gasteiger partial charge is 0.273 e. The molecule has 0 aromatic carbocycles. The molecule has 4 heteroatoms. The van der Waals surface area contributed by atoms with Crippen LogP contribution in [0.2, 0.25) is 0 Å². The normalized spacial score (nSPS) is 18.7. The fourth-order valence-electron chi connectivity index (χ4n) is 0.821. The Morgan fingerprint density at radius 1 is 1.60 bits per heavy atom. The molecule has 0 atom stereocenters. The van der Waals surface area contributed by atoms with Crippen LogP contribution in [0.3, 0.4) is 0 Å². The summed E-state index contributed by atoms with van der Waals surface area (Å²) in [4.78, 5) is 23.0. The quantitative estimate of drug-likeness (QED) is 0.605. The zero-order chi connectivity index (χ0) is 7.56. The van der Waals surface area contributed by atoms with E-state index in [1.165, 1.54) is 4.90 Å². The van der Waals surface area contributed by atoms with Crippen molar-refractivity contribution in [2.45, 2.75) is 13.3 Å². The third-order valence-electron chi connectivity index (χ3n) is 1.29. The summed E-state index contributed by atoms with van der Waals surface area (Å²) < 4.78 is 0. The Morgan fingerprint density at radius 3 is 2.70 bits per heavy atom. The molecule has 10 heavy (non-hydrogen) atoms. The first kappa shape index (κ1) is 7.60. The molecular formula is C6H9NO2S. The molecule has 0 aromatic rings. The summed E-state index contributed by atoms with van der Waals surface area (Å²) >= 11 is 1.09. The lowest BCUT2D eigenvalue weighted by Gasteiger charge is -2.09.